The number of carbonyl (C=O) groups excluding carboxylic acids is 1. The smallest absolute Gasteiger partial charge is 0.322 e. The zero-order valence-corrected chi connectivity index (χ0v) is 11.0. The van der Waals surface area contributed by atoms with E-state index in [2.05, 4.69) is 19.2 Å². The van der Waals surface area contributed by atoms with E-state index in [4.69, 9.17) is 5.73 Å². The van der Waals surface area contributed by atoms with Crippen LogP contribution < -0.4 is 16.0 Å². The summed E-state index contributed by atoms with van der Waals surface area (Å²) in [7, 11) is 0. The lowest BCUT2D eigenvalue weighted by Crippen LogP contribution is -2.29. The number of nitrogens with two attached hydrogens (primary N) is 1. The van der Waals surface area contributed by atoms with Gasteiger partial charge in [0, 0.05) is 24.8 Å². The van der Waals surface area contributed by atoms with Crippen molar-refractivity contribution in [2.75, 3.05) is 11.4 Å². The van der Waals surface area contributed by atoms with E-state index in [-0.39, 0.29) is 12.1 Å². The number of anilines is 1. The molecule has 98 valence electrons. The topological polar surface area (TPSA) is 58.4 Å². The maximum atomic E-state index is 11.9. The molecule has 4 nitrogen and oxygen atoms in total. The molecule has 1 aromatic rings. The van der Waals surface area contributed by atoms with Gasteiger partial charge < -0.3 is 11.1 Å². The van der Waals surface area contributed by atoms with Gasteiger partial charge in [-0.3, -0.25) is 4.90 Å². The zero-order valence-electron chi connectivity index (χ0n) is 11.0. The molecule has 0 aromatic heterocycles. The van der Waals surface area contributed by atoms with Crippen molar-refractivity contribution in [3.63, 3.8) is 0 Å². The van der Waals surface area contributed by atoms with Gasteiger partial charge in [0.1, 0.15) is 0 Å². The first-order chi connectivity index (χ1) is 8.60. The lowest BCUT2D eigenvalue weighted by Gasteiger charge is -2.15. The second kappa shape index (κ2) is 5.40. The SMILES string of the molecule is CC(C)CC1CN(c2ccc(CN)cc2)C(=O)N1. The van der Waals surface area contributed by atoms with Gasteiger partial charge in [-0.2, -0.15) is 0 Å². The standard InChI is InChI=1S/C14H21N3O/c1-10(2)7-12-9-17(14(18)16-12)13-5-3-11(8-15)4-6-13/h3-6,10,12H,7-9,15H2,1-2H3,(H,16,18). The van der Waals surface area contributed by atoms with Crippen molar-refractivity contribution in [1.82, 2.24) is 5.32 Å². The Morgan fingerprint density at radius 3 is 2.61 bits per heavy atom. The number of carbonyl (C=O) groups is 1. The van der Waals surface area contributed by atoms with Gasteiger partial charge in [0.2, 0.25) is 0 Å². The molecule has 1 aromatic carbocycles. The molecule has 1 aliphatic heterocycles. The number of rotatable bonds is 4. The number of hydrogen-bond donors (Lipinski definition) is 2. The lowest BCUT2D eigenvalue weighted by molar-refractivity contribution is 0.250. The van der Waals surface area contributed by atoms with E-state index in [1.165, 1.54) is 0 Å². The van der Waals surface area contributed by atoms with Crippen molar-refractivity contribution < 1.29 is 4.79 Å². The number of nitrogens with one attached hydrogen (secondary N) is 1. The van der Waals surface area contributed by atoms with Crippen molar-refractivity contribution in [1.29, 1.82) is 0 Å². The minimum absolute atomic E-state index is 0.00106. The summed E-state index contributed by atoms with van der Waals surface area (Å²) < 4.78 is 0. The van der Waals surface area contributed by atoms with Crippen molar-refractivity contribution in [2.45, 2.75) is 32.9 Å². The molecular formula is C14H21N3O. The predicted octanol–water partition coefficient (Wildman–Crippen LogP) is 2.09. The molecule has 1 heterocycles. The largest absolute Gasteiger partial charge is 0.333 e. The van der Waals surface area contributed by atoms with Gasteiger partial charge in [-0.05, 0) is 30.0 Å². The average Bonchev–Trinajstić information content (AvgIpc) is 2.69. The third-order valence-corrected chi connectivity index (χ3v) is 3.22. The molecule has 3 N–H and O–H groups in total. The van der Waals surface area contributed by atoms with Crippen LogP contribution in [0.2, 0.25) is 0 Å². The normalized spacial score (nSPS) is 19.4. The quantitative estimate of drug-likeness (QED) is 0.856. The molecule has 0 aliphatic carbocycles. The third kappa shape index (κ3) is 2.82. The van der Waals surface area contributed by atoms with Crippen LogP contribution in [-0.2, 0) is 6.54 Å². The molecule has 2 amide bonds. The van der Waals surface area contributed by atoms with Crippen molar-refractivity contribution in [2.24, 2.45) is 11.7 Å². The highest BCUT2D eigenvalue weighted by Gasteiger charge is 2.29. The number of hydrogen-bond acceptors (Lipinski definition) is 2. The van der Waals surface area contributed by atoms with Gasteiger partial charge in [-0.1, -0.05) is 26.0 Å². The Hall–Kier alpha value is -1.55. The van der Waals surface area contributed by atoms with Crippen molar-refractivity contribution in [3.8, 4) is 0 Å². The zero-order chi connectivity index (χ0) is 13.1. The Balaban J connectivity index is 2.06. The highest BCUT2D eigenvalue weighted by atomic mass is 16.2. The molecule has 1 unspecified atom stereocenters. The first-order valence-corrected chi connectivity index (χ1v) is 6.47. The molecule has 0 saturated carbocycles. The van der Waals surface area contributed by atoms with E-state index >= 15 is 0 Å². The molecular weight excluding hydrogens is 226 g/mol. The highest BCUT2D eigenvalue weighted by molar-refractivity contribution is 5.94. The Morgan fingerprint density at radius 2 is 2.06 bits per heavy atom. The van der Waals surface area contributed by atoms with Crippen LogP contribution in [0.25, 0.3) is 0 Å². The predicted molar refractivity (Wildman–Crippen MR) is 73.5 cm³/mol. The van der Waals surface area contributed by atoms with Crippen LogP contribution in [0.3, 0.4) is 0 Å². The van der Waals surface area contributed by atoms with Crippen LogP contribution in [-0.4, -0.2) is 18.6 Å². The second-order valence-electron chi connectivity index (χ2n) is 5.26. The van der Waals surface area contributed by atoms with Gasteiger partial charge >= 0.3 is 6.03 Å². The molecule has 1 aliphatic rings. The molecule has 2 rings (SSSR count). The van der Waals surface area contributed by atoms with Gasteiger partial charge in [-0.15, -0.1) is 0 Å². The fraction of sp³-hybridized carbons (Fsp3) is 0.500. The first-order valence-electron chi connectivity index (χ1n) is 6.47. The molecule has 1 fully saturated rings. The summed E-state index contributed by atoms with van der Waals surface area (Å²) in [4.78, 5) is 13.7. The Morgan fingerprint density at radius 1 is 1.39 bits per heavy atom. The van der Waals surface area contributed by atoms with Gasteiger partial charge in [0.05, 0.1) is 0 Å². The van der Waals surface area contributed by atoms with Gasteiger partial charge in [-0.25, -0.2) is 4.79 Å². The number of urea groups is 1. The number of nitrogens with zero attached hydrogens (tertiary/aromatic N) is 1. The molecule has 0 bridgehead atoms. The van der Waals surface area contributed by atoms with Crippen molar-refractivity contribution >= 4 is 11.7 Å². The van der Waals surface area contributed by atoms with E-state index in [0.29, 0.717) is 12.5 Å². The van der Waals surface area contributed by atoms with Crippen LogP contribution in [0.5, 0.6) is 0 Å². The summed E-state index contributed by atoms with van der Waals surface area (Å²) in [6, 6.07) is 8.11. The van der Waals surface area contributed by atoms with Crippen LogP contribution in [0.15, 0.2) is 24.3 Å². The molecule has 1 saturated heterocycles. The lowest BCUT2D eigenvalue weighted by atomic mass is 10.0. The fourth-order valence-electron chi connectivity index (χ4n) is 2.34. The Kier molecular flexibility index (Phi) is 3.87. The molecule has 0 radical (unpaired) electrons. The average molecular weight is 247 g/mol. The van der Waals surface area contributed by atoms with Crippen LogP contribution in [0.4, 0.5) is 10.5 Å². The van der Waals surface area contributed by atoms with Crippen LogP contribution in [0, 0.1) is 5.92 Å². The van der Waals surface area contributed by atoms with E-state index < -0.39 is 0 Å². The summed E-state index contributed by atoms with van der Waals surface area (Å²) in [5, 5.41) is 3.02. The summed E-state index contributed by atoms with van der Waals surface area (Å²) in [6.45, 7) is 5.62. The Bertz CT molecular complexity index is 414. The molecule has 4 heteroatoms. The van der Waals surface area contributed by atoms with Gasteiger partial charge in [0.15, 0.2) is 0 Å². The van der Waals surface area contributed by atoms with E-state index in [1.54, 1.807) is 4.90 Å². The summed E-state index contributed by atoms with van der Waals surface area (Å²) in [5.41, 5.74) is 7.59. The maximum Gasteiger partial charge on any atom is 0.322 e. The first kappa shape index (κ1) is 12.9. The minimum atomic E-state index is 0.00106. The fourth-order valence-corrected chi connectivity index (χ4v) is 2.34. The summed E-state index contributed by atoms with van der Waals surface area (Å²) in [5.74, 6) is 0.592. The third-order valence-electron chi connectivity index (χ3n) is 3.22. The Labute approximate surface area is 108 Å². The molecule has 1 atom stereocenters. The minimum Gasteiger partial charge on any atom is -0.333 e. The maximum absolute atomic E-state index is 11.9. The molecule has 18 heavy (non-hydrogen) atoms. The second-order valence-corrected chi connectivity index (χ2v) is 5.26. The monoisotopic (exact) mass is 247 g/mol. The summed E-state index contributed by atoms with van der Waals surface area (Å²) >= 11 is 0. The molecule has 0 spiro atoms. The number of benzene rings is 1. The van der Waals surface area contributed by atoms with E-state index in [1.807, 2.05) is 24.3 Å². The number of amides is 2. The van der Waals surface area contributed by atoms with Crippen LogP contribution in [0.1, 0.15) is 25.8 Å². The van der Waals surface area contributed by atoms with Crippen molar-refractivity contribution in [3.05, 3.63) is 29.8 Å². The van der Waals surface area contributed by atoms with Gasteiger partial charge in [0.25, 0.3) is 0 Å². The summed E-state index contributed by atoms with van der Waals surface area (Å²) in [6.07, 6.45) is 1.02. The highest BCUT2D eigenvalue weighted by Crippen LogP contribution is 2.21. The van der Waals surface area contributed by atoms with Crippen LogP contribution >= 0.6 is 0 Å². The van der Waals surface area contributed by atoms with E-state index in [9.17, 15) is 4.79 Å². The van der Waals surface area contributed by atoms with E-state index in [0.717, 1.165) is 24.2 Å².